The largest absolute Gasteiger partial charge is 0.330 e. The second-order valence-electron chi connectivity index (χ2n) is 3.73. The molecule has 1 rings (SSSR count). The molecule has 82 valence electrons. The van der Waals surface area contributed by atoms with E-state index in [-0.39, 0.29) is 0 Å². The van der Waals surface area contributed by atoms with Crippen LogP contribution >= 0.6 is 0 Å². The molecule has 0 atom stereocenters. The lowest BCUT2D eigenvalue weighted by Gasteiger charge is -2.25. The molecule has 1 N–H and O–H groups in total. The van der Waals surface area contributed by atoms with Gasteiger partial charge in [0.2, 0.25) is 0 Å². The molecule has 0 unspecified atom stereocenters. The zero-order valence-corrected chi connectivity index (χ0v) is 9.88. The number of aryl methyl sites for hydroxylation is 1. The summed E-state index contributed by atoms with van der Waals surface area (Å²) in [4.78, 5) is 2.08. The number of nitrogens with zero attached hydrogens (tertiary/aromatic N) is 1. The van der Waals surface area contributed by atoms with E-state index >= 15 is 0 Å². The molecule has 0 fully saturated rings. The van der Waals surface area contributed by atoms with Gasteiger partial charge in [-0.1, -0.05) is 25.1 Å². The predicted molar refractivity (Wildman–Crippen MR) is 66.8 cm³/mol. The Kier molecular flexibility index (Phi) is 4.35. The molecule has 15 heavy (non-hydrogen) atoms. The van der Waals surface area contributed by atoms with Crippen molar-refractivity contribution < 1.29 is 0 Å². The average Bonchev–Trinajstić information content (AvgIpc) is 2.22. The third kappa shape index (κ3) is 2.82. The molecule has 0 bridgehead atoms. The van der Waals surface area contributed by atoms with Crippen molar-refractivity contribution in [2.75, 3.05) is 11.4 Å². The van der Waals surface area contributed by atoms with Crippen LogP contribution in [0.25, 0.3) is 0 Å². The van der Waals surface area contributed by atoms with Gasteiger partial charge in [-0.15, -0.1) is 0 Å². The molecule has 0 spiro atoms. The molecule has 0 aliphatic carbocycles. The standard InChI is InChI=1S/C13H20N2/c1-4-8-13(14)15(5-2)12-10-7-6-9-11(12)3/h6-7,9-10,14H,4-5,8H2,1-3H3. The molecule has 1 aromatic carbocycles. The van der Waals surface area contributed by atoms with Crippen LogP contribution in [0.3, 0.4) is 0 Å². The van der Waals surface area contributed by atoms with Gasteiger partial charge in [0.05, 0.1) is 0 Å². The number of hydrogen-bond acceptors (Lipinski definition) is 1. The van der Waals surface area contributed by atoms with Crippen LogP contribution in [0.1, 0.15) is 32.3 Å². The van der Waals surface area contributed by atoms with Crippen molar-refractivity contribution in [1.29, 1.82) is 5.41 Å². The van der Waals surface area contributed by atoms with Crippen molar-refractivity contribution in [2.45, 2.75) is 33.6 Å². The third-order valence-corrected chi connectivity index (χ3v) is 2.54. The highest BCUT2D eigenvalue weighted by Gasteiger charge is 2.10. The van der Waals surface area contributed by atoms with E-state index in [2.05, 4.69) is 37.8 Å². The predicted octanol–water partition coefficient (Wildman–Crippen LogP) is 3.60. The summed E-state index contributed by atoms with van der Waals surface area (Å²) < 4.78 is 0. The Hall–Kier alpha value is -1.31. The van der Waals surface area contributed by atoms with Crippen molar-refractivity contribution in [1.82, 2.24) is 0 Å². The fraction of sp³-hybridized carbons (Fsp3) is 0.462. The molecular formula is C13H20N2. The Morgan fingerprint density at radius 3 is 2.47 bits per heavy atom. The summed E-state index contributed by atoms with van der Waals surface area (Å²) in [7, 11) is 0. The van der Waals surface area contributed by atoms with Crippen molar-refractivity contribution >= 4 is 11.5 Å². The average molecular weight is 204 g/mol. The maximum atomic E-state index is 8.01. The summed E-state index contributed by atoms with van der Waals surface area (Å²) >= 11 is 0. The van der Waals surface area contributed by atoms with Crippen LogP contribution in [0.5, 0.6) is 0 Å². The minimum absolute atomic E-state index is 0.717. The summed E-state index contributed by atoms with van der Waals surface area (Å²) in [6, 6.07) is 8.25. The lowest BCUT2D eigenvalue weighted by Crippen LogP contribution is -2.30. The normalized spacial score (nSPS) is 10.1. The second kappa shape index (κ2) is 5.54. The number of anilines is 1. The molecular weight excluding hydrogens is 184 g/mol. The van der Waals surface area contributed by atoms with Gasteiger partial charge in [0.15, 0.2) is 0 Å². The minimum Gasteiger partial charge on any atom is -0.330 e. The minimum atomic E-state index is 0.717. The summed E-state index contributed by atoms with van der Waals surface area (Å²) in [5.41, 5.74) is 2.40. The number of nitrogens with one attached hydrogen (secondary N) is 1. The van der Waals surface area contributed by atoms with Crippen LogP contribution in [0.4, 0.5) is 5.69 Å². The molecule has 0 radical (unpaired) electrons. The lowest BCUT2D eigenvalue weighted by atomic mass is 10.1. The van der Waals surface area contributed by atoms with E-state index in [0.717, 1.165) is 19.4 Å². The molecule has 0 saturated carbocycles. The Balaban J connectivity index is 2.92. The molecule has 0 aliphatic heterocycles. The monoisotopic (exact) mass is 204 g/mol. The van der Waals surface area contributed by atoms with E-state index in [1.54, 1.807) is 0 Å². The fourth-order valence-electron chi connectivity index (χ4n) is 1.74. The first-order chi connectivity index (χ1) is 7.20. The highest BCUT2D eigenvalue weighted by atomic mass is 15.2. The lowest BCUT2D eigenvalue weighted by molar-refractivity contribution is 0.925. The van der Waals surface area contributed by atoms with Gasteiger partial charge in [0.1, 0.15) is 5.84 Å². The van der Waals surface area contributed by atoms with E-state index in [4.69, 9.17) is 5.41 Å². The topological polar surface area (TPSA) is 27.1 Å². The zero-order chi connectivity index (χ0) is 11.3. The molecule has 1 aromatic rings. The smallest absolute Gasteiger partial charge is 0.100 e. The molecule has 0 aliphatic rings. The van der Waals surface area contributed by atoms with E-state index in [1.807, 2.05) is 12.1 Å². The first-order valence-corrected chi connectivity index (χ1v) is 5.61. The third-order valence-electron chi connectivity index (χ3n) is 2.54. The van der Waals surface area contributed by atoms with Crippen molar-refractivity contribution in [3.8, 4) is 0 Å². The van der Waals surface area contributed by atoms with Crippen LogP contribution in [-0.4, -0.2) is 12.4 Å². The van der Waals surface area contributed by atoms with E-state index in [9.17, 15) is 0 Å². The summed E-state index contributed by atoms with van der Waals surface area (Å²) in [5, 5.41) is 8.01. The van der Waals surface area contributed by atoms with Crippen LogP contribution in [-0.2, 0) is 0 Å². The van der Waals surface area contributed by atoms with Gasteiger partial charge in [-0.25, -0.2) is 0 Å². The maximum Gasteiger partial charge on any atom is 0.100 e. The van der Waals surface area contributed by atoms with E-state index < -0.39 is 0 Å². The van der Waals surface area contributed by atoms with E-state index in [1.165, 1.54) is 11.3 Å². The van der Waals surface area contributed by atoms with Gasteiger partial charge in [0, 0.05) is 18.7 Å². The zero-order valence-electron chi connectivity index (χ0n) is 9.88. The Labute approximate surface area is 92.4 Å². The van der Waals surface area contributed by atoms with Crippen LogP contribution in [0, 0.1) is 12.3 Å². The maximum absolute atomic E-state index is 8.01. The van der Waals surface area contributed by atoms with Crippen LogP contribution in [0.15, 0.2) is 24.3 Å². The van der Waals surface area contributed by atoms with Gasteiger partial charge < -0.3 is 4.90 Å². The highest BCUT2D eigenvalue weighted by Crippen LogP contribution is 2.20. The first kappa shape index (κ1) is 11.8. The first-order valence-electron chi connectivity index (χ1n) is 5.61. The number of hydrogen-bond donors (Lipinski definition) is 1. The Morgan fingerprint density at radius 1 is 1.27 bits per heavy atom. The van der Waals surface area contributed by atoms with Crippen LogP contribution < -0.4 is 4.90 Å². The van der Waals surface area contributed by atoms with Gasteiger partial charge in [-0.05, 0) is 31.9 Å². The summed E-state index contributed by atoms with van der Waals surface area (Å²) in [6.45, 7) is 7.16. The number of benzene rings is 1. The number of amidine groups is 1. The molecule has 2 nitrogen and oxygen atoms in total. The van der Waals surface area contributed by atoms with Gasteiger partial charge in [-0.2, -0.15) is 0 Å². The highest BCUT2D eigenvalue weighted by molar-refractivity contribution is 5.96. The van der Waals surface area contributed by atoms with E-state index in [0.29, 0.717) is 5.84 Å². The summed E-state index contributed by atoms with van der Waals surface area (Å²) in [6.07, 6.45) is 1.88. The SMILES string of the molecule is CCCC(=N)N(CC)c1ccccc1C. The van der Waals surface area contributed by atoms with Crippen LogP contribution in [0.2, 0.25) is 0 Å². The number of rotatable bonds is 4. The Morgan fingerprint density at radius 2 is 1.93 bits per heavy atom. The van der Waals surface area contributed by atoms with Gasteiger partial charge >= 0.3 is 0 Å². The molecule has 0 aromatic heterocycles. The van der Waals surface area contributed by atoms with Crippen molar-refractivity contribution in [3.63, 3.8) is 0 Å². The van der Waals surface area contributed by atoms with Crippen molar-refractivity contribution in [2.24, 2.45) is 0 Å². The number of para-hydroxylation sites is 1. The molecule has 0 heterocycles. The fourth-order valence-corrected chi connectivity index (χ4v) is 1.74. The van der Waals surface area contributed by atoms with Gasteiger partial charge in [0.25, 0.3) is 0 Å². The quantitative estimate of drug-likeness (QED) is 0.589. The Bertz CT molecular complexity index is 331. The van der Waals surface area contributed by atoms with Crippen molar-refractivity contribution in [3.05, 3.63) is 29.8 Å². The molecule has 0 saturated heterocycles. The van der Waals surface area contributed by atoms with Gasteiger partial charge in [-0.3, -0.25) is 5.41 Å². The molecule has 2 heteroatoms. The summed E-state index contributed by atoms with van der Waals surface area (Å²) in [5.74, 6) is 0.717. The molecule has 0 amide bonds. The second-order valence-corrected chi connectivity index (χ2v) is 3.73.